The molecule has 1 heterocycles. The van der Waals surface area contributed by atoms with Crippen LogP contribution in [0.15, 0.2) is 41.5 Å². The normalized spacial score (nSPS) is 10.9. The van der Waals surface area contributed by atoms with E-state index in [0.29, 0.717) is 5.56 Å². The molecule has 19 heavy (non-hydrogen) atoms. The topological polar surface area (TPSA) is 44.0 Å². The lowest BCUT2D eigenvalue weighted by Crippen LogP contribution is -2.27. The van der Waals surface area contributed by atoms with Gasteiger partial charge in [-0.2, -0.15) is 0 Å². The molecule has 2 aromatic rings. The maximum atomic E-state index is 12.1. The van der Waals surface area contributed by atoms with Crippen LogP contribution in [-0.2, 0) is 6.54 Å². The lowest BCUT2D eigenvalue weighted by atomic mass is 10.1. The molecular weight excluding hydrogens is 240 g/mol. The summed E-state index contributed by atoms with van der Waals surface area (Å²) in [6.07, 6.45) is 3.38. The number of benzene rings is 1. The molecule has 0 amide bonds. The molecule has 4 heteroatoms. The third kappa shape index (κ3) is 2.84. The standard InChI is InChI=1S/C15H18N2O2/c1-11(2)17-8-7-16(15(17)19)10-14(18)13-6-4-5-12(3)9-13/h4-9,11H,10H2,1-3H3. The molecule has 0 aliphatic rings. The number of aryl methyl sites for hydroxylation is 1. The Morgan fingerprint density at radius 2 is 2.00 bits per heavy atom. The van der Waals surface area contributed by atoms with E-state index in [0.717, 1.165) is 5.56 Å². The predicted octanol–water partition coefficient (Wildman–Crippen LogP) is 2.42. The molecule has 0 saturated carbocycles. The minimum Gasteiger partial charge on any atom is -0.297 e. The van der Waals surface area contributed by atoms with Crippen LogP contribution in [-0.4, -0.2) is 14.9 Å². The largest absolute Gasteiger partial charge is 0.328 e. The van der Waals surface area contributed by atoms with Crippen molar-refractivity contribution in [3.05, 3.63) is 58.3 Å². The molecule has 2 rings (SSSR count). The van der Waals surface area contributed by atoms with E-state index in [1.807, 2.05) is 39.0 Å². The Bertz CT molecular complexity index is 650. The fourth-order valence-corrected chi connectivity index (χ4v) is 2.01. The zero-order valence-electron chi connectivity index (χ0n) is 11.5. The number of carbonyl (C=O) groups excluding carboxylic acids is 1. The number of hydrogen-bond donors (Lipinski definition) is 0. The Morgan fingerprint density at radius 1 is 1.26 bits per heavy atom. The molecule has 0 saturated heterocycles. The SMILES string of the molecule is Cc1cccc(C(=O)Cn2ccn(C(C)C)c2=O)c1. The van der Waals surface area contributed by atoms with Crippen molar-refractivity contribution >= 4 is 5.78 Å². The van der Waals surface area contributed by atoms with Crippen molar-refractivity contribution in [3.8, 4) is 0 Å². The first-order valence-electron chi connectivity index (χ1n) is 6.36. The number of imidazole rings is 1. The molecule has 1 aromatic heterocycles. The van der Waals surface area contributed by atoms with Crippen molar-refractivity contribution < 1.29 is 4.79 Å². The molecule has 0 bridgehead atoms. The number of ketones is 1. The van der Waals surface area contributed by atoms with E-state index in [-0.39, 0.29) is 24.1 Å². The van der Waals surface area contributed by atoms with Gasteiger partial charge in [0, 0.05) is 24.0 Å². The summed E-state index contributed by atoms with van der Waals surface area (Å²) in [5.74, 6) is -0.0488. The maximum Gasteiger partial charge on any atom is 0.328 e. The third-order valence-corrected chi connectivity index (χ3v) is 3.08. The Kier molecular flexibility index (Phi) is 3.69. The molecule has 0 spiro atoms. The molecule has 0 radical (unpaired) electrons. The minimum atomic E-state index is -0.143. The highest BCUT2D eigenvalue weighted by atomic mass is 16.2. The molecular formula is C15H18N2O2. The average Bonchev–Trinajstić information content (AvgIpc) is 2.71. The second kappa shape index (κ2) is 5.26. The quantitative estimate of drug-likeness (QED) is 0.790. The van der Waals surface area contributed by atoms with E-state index in [1.54, 1.807) is 23.0 Å². The Morgan fingerprint density at radius 3 is 2.58 bits per heavy atom. The Labute approximate surface area is 112 Å². The van der Waals surface area contributed by atoms with Gasteiger partial charge in [-0.1, -0.05) is 23.8 Å². The van der Waals surface area contributed by atoms with Gasteiger partial charge in [0.25, 0.3) is 0 Å². The molecule has 0 N–H and O–H groups in total. The summed E-state index contributed by atoms with van der Waals surface area (Å²) in [5.41, 5.74) is 1.54. The van der Waals surface area contributed by atoms with Gasteiger partial charge >= 0.3 is 5.69 Å². The van der Waals surface area contributed by atoms with Crippen LogP contribution in [0, 0.1) is 6.92 Å². The maximum absolute atomic E-state index is 12.1. The van der Waals surface area contributed by atoms with Crippen LogP contribution in [0.5, 0.6) is 0 Å². The first-order chi connectivity index (χ1) is 8.99. The number of nitrogens with zero attached hydrogens (tertiary/aromatic N) is 2. The smallest absolute Gasteiger partial charge is 0.297 e. The van der Waals surface area contributed by atoms with E-state index >= 15 is 0 Å². The van der Waals surface area contributed by atoms with Gasteiger partial charge in [-0.05, 0) is 26.8 Å². The fourth-order valence-electron chi connectivity index (χ4n) is 2.01. The number of aromatic nitrogens is 2. The van der Waals surface area contributed by atoms with Crippen LogP contribution in [0.4, 0.5) is 0 Å². The number of Topliss-reactive ketones (excluding diaryl/α,β-unsaturated/α-hetero) is 1. The van der Waals surface area contributed by atoms with Crippen molar-refractivity contribution in [2.75, 3.05) is 0 Å². The monoisotopic (exact) mass is 258 g/mol. The van der Waals surface area contributed by atoms with E-state index < -0.39 is 0 Å². The molecule has 1 aromatic carbocycles. The Hall–Kier alpha value is -2.10. The van der Waals surface area contributed by atoms with Crippen molar-refractivity contribution in [2.45, 2.75) is 33.4 Å². The van der Waals surface area contributed by atoms with E-state index in [2.05, 4.69) is 0 Å². The summed E-state index contributed by atoms with van der Waals surface area (Å²) >= 11 is 0. The van der Waals surface area contributed by atoms with Crippen LogP contribution in [0.2, 0.25) is 0 Å². The van der Waals surface area contributed by atoms with E-state index in [1.165, 1.54) is 4.57 Å². The van der Waals surface area contributed by atoms with Gasteiger partial charge in [0.05, 0.1) is 6.54 Å². The lowest BCUT2D eigenvalue weighted by molar-refractivity contribution is 0.0970. The average molecular weight is 258 g/mol. The van der Waals surface area contributed by atoms with E-state index in [9.17, 15) is 9.59 Å². The van der Waals surface area contributed by atoms with Crippen LogP contribution >= 0.6 is 0 Å². The van der Waals surface area contributed by atoms with Crippen molar-refractivity contribution in [3.63, 3.8) is 0 Å². The summed E-state index contributed by atoms with van der Waals surface area (Å²) in [7, 11) is 0. The Balaban J connectivity index is 2.22. The van der Waals surface area contributed by atoms with Crippen molar-refractivity contribution in [1.82, 2.24) is 9.13 Å². The highest BCUT2D eigenvalue weighted by Crippen LogP contribution is 2.06. The molecule has 0 aliphatic carbocycles. The first kappa shape index (κ1) is 13.3. The molecule has 0 fully saturated rings. The summed E-state index contributed by atoms with van der Waals surface area (Å²) < 4.78 is 3.06. The molecule has 0 unspecified atom stereocenters. The van der Waals surface area contributed by atoms with Gasteiger partial charge in [0.1, 0.15) is 0 Å². The van der Waals surface area contributed by atoms with Crippen LogP contribution in [0.3, 0.4) is 0 Å². The zero-order valence-corrected chi connectivity index (χ0v) is 11.5. The van der Waals surface area contributed by atoms with Gasteiger partial charge < -0.3 is 0 Å². The van der Waals surface area contributed by atoms with Crippen molar-refractivity contribution in [1.29, 1.82) is 0 Å². The molecule has 4 nitrogen and oxygen atoms in total. The van der Waals surface area contributed by atoms with Crippen LogP contribution < -0.4 is 5.69 Å². The summed E-state index contributed by atoms with van der Waals surface area (Å²) in [5, 5.41) is 0. The second-order valence-electron chi connectivity index (χ2n) is 5.00. The number of rotatable bonds is 4. The highest BCUT2D eigenvalue weighted by molar-refractivity contribution is 5.96. The summed E-state index contributed by atoms with van der Waals surface area (Å²) in [6.45, 7) is 5.91. The second-order valence-corrected chi connectivity index (χ2v) is 5.00. The lowest BCUT2D eigenvalue weighted by Gasteiger charge is -2.05. The van der Waals surface area contributed by atoms with Crippen LogP contribution in [0.25, 0.3) is 0 Å². The molecule has 0 aliphatic heterocycles. The summed E-state index contributed by atoms with van der Waals surface area (Å²) in [4.78, 5) is 24.1. The predicted molar refractivity (Wildman–Crippen MR) is 74.6 cm³/mol. The third-order valence-electron chi connectivity index (χ3n) is 3.08. The highest BCUT2D eigenvalue weighted by Gasteiger charge is 2.11. The van der Waals surface area contributed by atoms with Gasteiger partial charge in [-0.15, -0.1) is 0 Å². The molecule has 100 valence electrons. The number of carbonyl (C=O) groups is 1. The minimum absolute atomic E-state index is 0.0488. The fraction of sp³-hybridized carbons (Fsp3) is 0.333. The van der Waals surface area contributed by atoms with Gasteiger partial charge in [0.15, 0.2) is 5.78 Å². The van der Waals surface area contributed by atoms with E-state index in [4.69, 9.17) is 0 Å². The van der Waals surface area contributed by atoms with Crippen LogP contribution in [0.1, 0.15) is 35.8 Å². The molecule has 0 atom stereocenters. The van der Waals surface area contributed by atoms with Crippen molar-refractivity contribution in [2.24, 2.45) is 0 Å². The zero-order chi connectivity index (χ0) is 14.0. The van der Waals surface area contributed by atoms with Gasteiger partial charge in [0.2, 0.25) is 0 Å². The first-order valence-corrected chi connectivity index (χ1v) is 6.36. The van der Waals surface area contributed by atoms with Gasteiger partial charge in [-0.25, -0.2) is 4.79 Å². The van der Waals surface area contributed by atoms with Gasteiger partial charge in [-0.3, -0.25) is 13.9 Å². The summed E-state index contributed by atoms with van der Waals surface area (Å²) in [6, 6.07) is 7.51. The number of hydrogen-bond acceptors (Lipinski definition) is 2.